The molecule has 4 aliphatic heterocycles. The maximum Gasteiger partial charge on any atom is 0.187 e. The van der Waals surface area contributed by atoms with Crippen LogP contribution < -0.4 is 34.4 Å². The van der Waals surface area contributed by atoms with E-state index >= 15 is 0 Å². The van der Waals surface area contributed by atoms with Crippen LogP contribution in [0.25, 0.3) is 0 Å². The van der Waals surface area contributed by atoms with Crippen molar-refractivity contribution in [2.45, 2.75) is 153 Å². The zero-order valence-corrected chi connectivity index (χ0v) is 28.6. The molecule has 0 radical (unpaired) electrons. The van der Waals surface area contributed by atoms with Gasteiger partial charge in [-0.2, -0.15) is 0 Å². The summed E-state index contributed by atoms with van der Waals surface area (Å²) in [5.74, 6) is 0. The van der Waals surface area contributed by atoms with E-state index in [0.717, 1.165) is 0 Å². The van der Waals surface area contributed by atoms with Gasteiger partial charge in [0.05, 0.1) is 31.4 Å². The minimum absolute atomic E-state index is 0.0158. The fourth-order valence-corrected chi connectivity index (χ4v) is 7.12. The lowest BCUT2D eigenvalue weighted by Crippen LogP contribution is -2.68. The number of rotatable bonds is 12. The van der Waals surface area contributed by atoms with Gasteiger partial charge in [0, 0.05) is 25.2 Å². The fourth-order valence-electron chi connectivity index (χ4n) is 7.12. The van der Waals surface area contributed by atoms with Gasteiger partial charge in [-0.15, -0.1) is 0 Å². The molecule has 0 aromatic heterocycles. The molecule has 0 amide bonds. The second-order valence-corrected chi connectivity index (χ2v) is 14.1. The van der Waals surface area contributed by atoms with E-state index in [1.165, 1.54) is 0 Å². The van der Waals surface area contributed by atoms with Crippen LogP contribution in [0.4, 0.5) is 0 Å². The van der Waals surface area contributed by atoms with Crippen molar-refractivity contribution in [1.82, 2.24) is 0 Å². The lowest BCUT2D eigenvalue weighted by Gasteiger charge is -2.47. The summed E-state index contributed by atoms with van der Waals surface area (Å²) in [6.07, 6.45) is -29.8. The van der Waals surface area contributed by atoms with Gasteiger partial charge in [0.2, 0.25) is 0 Å². The van der Waals surface area contributed by atoms with Gasteiger partial charge in [0.15, 0.2) is 25.2 Å². The second kappa shape index (κ2) is 18.1. The van der Waals surface area contributed by atoms with Crippen molar-refractivity contribution in [3.63, 3.8) is 0 Å². The number of aliphatic hydroxyl groups excluding tert-OH is 10. The average Bonchev–Trinajstić information content (AvgIpc) is 3.43. The van der Waals surface area contributed by atoms with E-state index in [9.17, 15) is 51.1 Å². The molecule has 5 fully saturated rings. The molecule has 24 atom stereocenters. The standard InChI is InChI=1S/C29H56N6O18/c30-2-8-15(38)18(41)12(34)26(47-8)51-23-7(33)1-6(32)14(37)25(23)53-29-22(45)24(52-27-13(35)19(42)16(39)9(3-31)48-27)11(50-29)5-46-28-21(44)20(43)17(40)10(4-36)49-28/h6-29,36-45H,1-5,30-35H2/t6-,7?,8?,9+,10?,11-,12?,13?,14?,15+,16-,17+,18-,19?,20+,21?,22?,23+,24+,25-,26+,27-,28-,29+/m1/s1. The summed E-state index contributed by atoms with van der Waals surface area (Å²) in [6.45, 7) is -1.78. The predicted molar refractivity (Wildman–Crippen MR) is 171 cm³/mol. The molecule has 22 N–H and O–H groups in total. The molecule has 1 saturated carbocycles. The Morgan fingerprint density at radius 2 is 0.925 bits per heavy atom. The minimum Gasteiger partial charge on any atom is -0.394 e. The third kappa shape index (κ3) is 8.81. The Morgan fingerprint density at radius 1 is 0.453 bits per heavy atom. The monoisotopic (exact) mass is 776 g/mol. The highest BCUT2D eigenvalue weighted by Crippen LogP contribution is 2.35. The van der Waals surface area contributed by atoms with Crippen molar-refractivity contribution < 1.29 is 89.0 Å². The molecule has 1 aliphatic carbocycles. The van der Waals surface area contributed by atoms with E-state index < -0.39 is 160 Å². The Balaban J connectivity index is 1.37. The first-order chi connectivity index (χ1) is 25.0. The lowest BCUT2D eigenvalue weighted by molar-refractivity contribution is -0.315. The van der Waals surface area contributed by atoms with Gasteiger partial charge in [0.25, 0.3) is 0 Å². The lowest BCUT2D eigenvalue weighted by atomic mass is 9.84. The van der Waals surface area contributed by atoms with Gasteiger partial charge < -0.3 is 123 Å². The van der Waals surface area contributed by atoms with Crippen LogP contribution in [-0.2, 0) is 37.9 Å². The van der Waals surface area contributed by atoms with Crippen molar-refractivity contribution in [3.05, 3.63) is 0 Å². The average molecular weight is 777 g/mol. The molecule has 9 unspecified atom stereocenters. The molecule has 24 nitrogen and oxygen atoms in total. The van der Waals surface area contributed by atoms with Crippen LogP contribution in [0.1, 0.15) is 6.42 Å². The van der Waals surface area contributed by atoms with E-state index in [0.29, 0.717) is 0 Å². The molecule has 0 spiro atoms. The summed E-state index contributed by atoms with van der Waals surface area (Å²) in [4.78, 5) is 0. The molecule has 5 rings (SSSR count). The molecule has 53 heavy (non-hydrogen) atoms. The third-order valence-electron chi connectivity index (χ3n) is 10.5. The van der Waals surface area contributed by atoms with Crippen LogP contribution in [0.15, 0.2) is 0 Å². The largest absolute Gasteiger partial charge is 0.394 e. The van der Waals surface area contributed by atoms with Crippen molar-refractivity contribution >= 4 is 0 Å². The molecule has 24 heteroatoms. The SMILES string of the molecule is NCC1O[C@@H](O[C@H]2C(N)C[C@@H](N)C(O)[C@H]2O[C@@H]2O[C@H](CO[C@@H]3OC(CO)[C@H](O)[C@H](O)C3O)[C@H](O[C@H]3O[C@@H](CN)[C@@H](O)C(O)C3N)C2O)C(N)[C@@H](O)[C@H]1O. The Bertz CT molecular complexity index is 1160. The highest BCUT2D eigenvalue weighted by molar-refractivity contribution is 5.02. The number of hydrogen-bond donors (Lipinski definition) is 16. The Hall–Kier alpha value is -0.960. The molecule has 0 aromatic rings. The van der Waals surface area contributed by atoms with Crippen molar-refractivity contribution in [1.29, 1.82) is 0 Å². The van der Waals surface area contributed by atoms with E-state index in [1.807, 2.05) is 0 Å². The van der Waals surface area contributed by atoms with E-state index in [-0.39, 0.29) is 19.5 Å². The Kier molecular flexibility index (Phi) is 14.7. The van der Waals surface area contributed by atoms with E-state index in [2.05, 4.69) is 0 Å². The molecule has 4 heterocycles. The van der Waals surface area contributed by atoms with E-state index in [4.69, 9.17) is 72.3 Å². The molecular formula is C29H56N6O18. The van der Waals surface area contributed by atoms with Gasteiger partial charge >= 0.3 is 0 Å². The Morgan fingerprint density at radius 3 is 1.45 bits per heavy atom. The summed E-state index contributed by atoms with van der Waals surface area (Å²) in [7, 11) is 0. The maximum absolute atomic E-state index is 11.6. The smallest absolute Gasteiger partial charge is 0.187 e. The molecule has 0 bridgehead atoms. The zero-order chi connectivity index (χ0) is 39.0. The van der Waals surface area contributed by atoms with Gasteiger partial charge in [0.1, 0.15) is 91.6 Å². The van der Waals surface area contributed by atoms with Crippen LogP contribution >= 0.6 is 0 Å². The molecule has 0 aromatic carbocycles. The van der Waals surface area contributed by atoms with Gasteiger partial charge in [-0.05, 0) is 6.42 Å². The number of nitrogens with two attached hydrogens (primary N) is 6. The highest BCUT2D eigenvalue weighted by Gasteiger charge is 2.55. The quantitative estimate of drug-likeness (QED) is 0.0874. The zero-order valence-electron chi connectivity index (χ0n) is 28.6. The van der Waals surface area contributed by atoms with Gasteiger partial charge in [-0.1, -0.05) is 0 Å². The summed E-state index contributed by atoms with van der Waals surface area (Å²) < 4.78 is 46.6. The van der Waals surface area contributed by atoms with Crippen LogP contribution in [-0.4, -0.2) is 224 Å². The van der Waals surface area contributed by atoms with Crippen molar-refractivity contribution in [2.75, 3.05) is 26.3 Å². The summed E-state index contributed by atoms with van der Waals surface area (Å²) in [6, 6.07) is -4.58. The number of hydrogen-bond acceptors (Lipinski definition) is 24. The number of aliphatic hydroxyl groups is 10. The normalized spacial score (nSPS) is 53.9. The van der Waals surface area contributed by atoms with Crippen molar-refractivity contribution in [2.24, 2.45) is 34.4 Å². The molecule has 4 saturated heterocycles. The van der Waals surface area contributed by atoms with Crippen LogP contribution in [0.5, 0.6) is 0 Å². The summed E-state index contributed by atoms with van der Waals surface area (Å²) >= 11 is 0. The second-order valence-electron chi connectivity index (χ2n) is 14.1. The van der Waals surface area contributed by atoms with E-state index in [1.54, 1.807) is 0 Å². The van der Waals surface area contributed by atoms with Crippen LogP contribution in [0.3, 0.4) is 0 Å². The summed E-state index contributed by atoms with van der Waals surface area (Å²) in [5.41, 5.74) is 36.1. The topological polar surface area (TPSA) is 432 Å². The summed E-state index contributed by atoms with van der Waals surface area (Å²) in [5, 5.41) is 105. The van der Waals surface area contributed by atoms with Crippen LogP contribution in [0, 0.1) is 0 Å². The maximum atomic E-state index is 11.6. The first-order valence-electron chi connectivity index (χ1n) is 17.4. The third-order valence-corrected chi connectivity index (χ3v) is 10.5. The first-order valence-corrected chi connectivity index (χ1v) is 17.4. The molecule has 310 valence electrons. The minimum atomic E-state index is -1.80. The van der Waals surface area contributed by atoms with Crippen molar-refractivity contribution in [3.8, 4) is 0 Å². The molecular weight excluding hydrogens is 720 g/mol. The Labute approximate surface area is 303 Å². The van der Waals surface area contributed by atoms with Gasteiger partial charge in [-0.3, -0.25) is 0 Å². The van der Waals surface area contributed by atoms with Crippen LogP contribution in [0.2, 0.25) is 0 Å². The number of ether oxygens (including phenoxy) is 8. The fraction of sp³-hybridized carbons (Fsp3) is 1.00. The predicted octanol–water partition coefficient (Wildman–Crippen LogP) is -11.1. The molecule has 5 aliphatic rings. The highest BCUT2D eigenvalue weighted by atomic mass is 16.8. The van der Waals surface area contributed by atoms with Gasteiger partial charge in [-0.25, -0.2) is 0 Å². The first kappa shape index (κ1) is 43.2.